The van der Waals surface area contributed by atoms with Gasteiger partial charge in [0, 0.05) is 6.92 Å². The Bertz CT molecular complexity index is 347. The highest BCUT2D eigenvalue weighted by Gasteiger charge is 2.66. The maximum absolute atomic E-state index is 12.9. The van der Waals surface area contributed by atoms with Crippen LogP contribution in [-0.2, 0) is 19.6 Å². The molecular weight excluding hydrogens is 248 g/mol. The largest absolute Gasteiger partial charge is 0.461 e. The van der Waals surface area contributed by atoms with Crippen LogP contribution in [0.5, 0.6) is 0 Å². The number of hydrogen-bond donors (Lipinski definition) is 1. The molecule has 15 heavy (non-hydrogen) atoms. The van der Waals surface area contributed by atoms with Crippen molar-refractivity contribution in [2.45, 2.75) is 18.1 Å². The Morgan fingerprint density at radius 1 is 1.33 bits per heavy atom. The van der Waals surface area contributed by atoms with Crippen molar-refractivity contribution >= 4 is 16.1 Å². The van der Waals surface area contributed by atoms with Gasteiger partial charge in [-0.3, -0.25) is 9.35 Å². The van der Waals surface area contributed by atoms with Crippen LogP contribution in [0.15, 0.2) is 0 Å². The second-order valence-electron chi connectivity index (χ2n) is 2.48. The first-order valence-electron chi connectivity index (χ1n) is 3.28. The lowest BCUT2D eigenvalue weighted by molar-refractivity contribution is -0.213. The number of carbonyl (C=O) groups is 1. The third-order valence-corrected chi connectivity index (χ3v) is 2.46. The van der Waals surface area contributed by atoms with Gasteiger partial charge in [0.2, 0.25) is 0 Å². The SMILES string of the molecule is CC(=O)OCC(F)(C(F)(F)F)S(=O)(=O)O. The molecule has 1 N–H and O–H groups in total. The average molecular weight is 254 g/mol. The molecule has 0 aliphatic heterocycles. The fourth-order valence-corrected chi connectivity index (χ4v) is 0.997. The number of alkyl halides is 4. The Morgan fingerprint density at radius 3 is 1.93 bits per heavy atom. The molecule has 0 aliphatic carbocycles. The molecular formula is C5H6F4O5S. The molecule has 0 rings (SSSR count). The molecule has 0 saturated heterocycles. The molecule has 1 unspecified atom stereocenters. The number of carbonyl (C=O) groups excluding carboxylic acids is 1. The summed E-state index contributed by atoms with van der Waals surface area (Å²) in [4.78, 5) is 10.1. The van der Waals surface area contributed by atoms with Gasteiger partial charge in [-0.2, -0.15) is 21.6 Å². The van der Waals surface area contributed by atoms with E-state index in [1.165, 1.54) is 0 Å². The van der Waals surface area contributed by atoms with E-state index in [-0.39, 0.29) is 0 Å². The highest BCUT2D eigenvalue weighted by atomic mass is 32.2. The van der Waals surface area contributed by atoms with Gasteiger partial charge in [-0.15, -0.1) is 0 Å². The molecule has 0 saturated carbocycles. The van der Waals surface area contributed by atoms with Gasteiger partial charge < -0.3 is 4.74 Å². The van der Waals surface area contributed by atoms with Crippen LogP contribution in [0.1, 0.15) is 6.92 Å². The van der Waals surface area contributed by atoms with E-state index in [1.54, 1.807) is 0 Å². The second-order valence-corrected chi connectivity index (χ2v) is 4.08. The standard InChI is InChI=1S/C5H6F4O5S/c1-3(10)14-2-4(6,5(7,8)9)15(11,12)13/h2H2,1H3,(H,11,12,13). The number of halogens is 4. The Balaban J connectivity index is 5.16. The van der Waals surface area contributed by atoms with Crippen molar-refractivity contribution in [2.75, 3.05) is 6.61 Å². The summed E-state index contributed by atoms with van der Waals surface area (Å²) >= 11 is 0. The van der Waals surface area contributed by atoms with Crippen molar-refractivity contribution in [1.29, 1.82) is 0 Å². The summed E-state index contributed by atoms with van der Waals surface area (Å²) < 4.78 is 80.8. The fourth-order valence-electron chi connectivity index (χ4n) is 0.497. The quantitative estimate of drug-likeness (QED) is 0.454. The summed E-state index contributed by atoms with van der Waals surface area (Å²) in [6.45, 7) is -1.49. The van der Waals surface area contributed by atoms with Crippen LogP contribution in [0.25, 0.3) is 0 Å². The van der Waals surface area contributed by atoms with E-state index < -0.39 is 33.9 Å². The van der Waals surface area contributed by atoms with E-state index in [0.29, 0.717) is 6.92 Å². The Morgan fingerprint density at radius 2 is 1.73 bits per heavy atom. The number of ether oxygens (including phenoxy) is 1. The normalized spacial score (nSPS) is 16.9. The van der Waals surface area contributed by atoms with E-state index in [0.717, 1.165) is 0 Å². The topological polar surface area (TPSA) is 80.7 Å². The third-order valence-electron chi connectivity index (χ3n) is 1.29. The molecule has 0 heterocycles. The zero-order valence-electron chi connectivity index (χ0n) is 7.21. The van der Waals surface area contributed by atoms with E-state index in [9.17, 15) is 30.8 Å². The highest BCUT2D eigenvalue weighted by molar-refractivity contribution is 7.87. The maximum Gasteiger partial charge on any atom is 0.443 e. The van der Waals surface area contributed by atoms with Gasteiger partial charge in [-0.05, 0) is 0 Å². The molecule has 1 atom stereocenters. The van der Waals surface area contributed by atoms with E-state index in [1.807, 2.05) is 0 Å². The summed E-state index contributed by atoms with van der Waals surface area (Å²) in [7, 11) is -6.09. The number of hydrogen-bond acceptors (Lipinski definition) is 4. The van der Waals surface area contributed by atoms with Gasteiger partial charge >= 0.3 is 27.3 Å². The van der Waals surface area contributed by atoms with E-state index >= 15 is 0 Å². The Kier molecular flexibility index (Phi) is 3.69. The molecule has 10 heteroatoms. The molecule has 5 nitrogen and oxygen atoms in total. The molecule has 90 valence electrons. The van der Waals surface area contributed by atoms with E-state index in [4.69, 9.17) is 4.55 Å². The van der Waals surface area contributed by atoms with Crippen molar-refractivity contribution in [3.05, 3.63) is 0 Å². The van der Waals surface area contributed by atoms with Gasteiger partial charge in [0.25, 0.3) is 0 Å². The van der Waals surface area contributed by atoms with Crippen LogP contribution < -0.4 is 0 Å². The number of rotatable bonds is 3. The minimum absolute atomic E-state index is 0.654. The van der Waals surface area contributed by atoms with Crippen LogP contribution in [0, 0.1) is 0 Å². The van der Waals surface area contributed by atoms with Gasteiger partial charge in [0.05, 0.1) is 0 Å². The molecule has 0 aliphatic rings. The van der Waals surface area contributed by atoms with Crippen LogP contribution >= 0.6 is 0 Å². The van der Waals surface area contributed by atoms with Crippen molar-refractivity contribution in [3.8, 4) is 0 Å². The first-order valence-corrected chi connectivity index (χ1v) is 4.72. The molecule has 0 bridgehead atoms. The molecule has 0 aromatic carbocycles. The fraction of sp³-hybridized carbons (Fsp3) is 0.800. The van der Waals surface area contributed by atoms with Gasteiger partial charge in [-0.1, -0.05) is 0 Å². The summed E-state index contributed by atoms with van der Waals surface area (Å²) in [6.07, 6.45) is -5.91. The third kappa shape index (κ3) is 3.02. The minimum atomic E-state index is -6.09. The molecule has 0 spiro atoms. The summed E-state index contributed by atoms with van der Waals surface area (Å²) in [5.41, 5.74) is 0. The lowest BCUT2D eigenvalue weighted by Gasteiger charge is -2.23. The van der Waals surface area contributed by atoms with Crippen molar-refractivity contribution in [2.24, 2.45) is 0 Å². The summed E-state index contributed by atoms with van der Waals surface area (Å²) in [6, 6.07) is 0. The zero-order chi connectivity index (χ0) is 12.5. The van der Waals surface area contributed by atoms with E-state index in [2.05, 4.69) is 4.74 Å². The van der Waals surface area contributed by atoms with Crippen LogP contribution in [0.2, 0.25) is 0 Å². The Labute approximate surface area is 81.8 Å². The highest BCUT2D eigenvalue weighted by Crippen LogP contribution is 2.38. The first kappa shape index (κ1) is 14.1. The lowest BCUT2D eigenvalue weighted by Crippen LogP contribution is -2.51. The zero-order valence-corrected chi connectivity index (χ0v) is 8.02. The molecule has 0 fully saturated rings. The summed E-state index contributed by atoms with van der Waals surface area (Å²) in [5, 5.41) is -5.01. The van der Waals surface area contributed by atoms with Gasteiger partial charge in [0.15, 0.2) is 6.61 Å². The number of esters is 1. The molecule has 0 aromatic heterocycles. The van der Waals surface area contributed by atoms with Gasteiger partial charge in [-0.25, -0.2) is 4.39 Å². The van der Waals surface area contributed by atoms with Crippen molar-refractivity contribution in [1.82, 2.24) is 0 Å². The summed E-state index contributed by atoms with van der Waals surface area (Å²) in [5.74, 6) is -1.31. The van der Waals surface area contributed by atoms with Gasteiger partial charge in [0.1, 0.15) is 0 Å². The minimum Gasteiger partial charge on any atom is -0.461 e. The van der Waals surface area contributed by atoms with Crippen LogP contribution in [0.3, 0.4) is 0 Å². The van der Waals surface area contributed by atoms with Crippen LogP contribution in [-0.4, -0.2) is 36.7 Å². The lowest BCUT2D eigenvalue weighted by atomic mass is 10.4. The molecule has 0 radical (unpaired) electrons. The Hall–Kier alpha value is -0.900. The predicted molar refractivity (Wildman–Crippen MR) is 38.1 cm³/mol. The second kappa shape index (κ2) is 3.93. The van der Waals surface area contributed by atoms with Crippen molar-refractivity contribution < 1.29 is 40.1 Å². The predicted octanol–water partition coefficient (Wildman–Crippen LogP) is 0.665. The van der Waals surface area contributed by atoms with Crippen molar-refractivity contribution in [3.63, 3.8) is 0 Å². The average Bonchev–Trinajstić information content (AvgIpc) is 1.95. The smallest absolute Gasteiger partial charge is 0.443 e. The molecule has 0 amide bonds. The monoisotopic (exact) mass is 254 g/mol. The maximum atomic E-state index is 12.9. The first-order chi connectivity index (χ1) is 6.42. The van der Waals surface area contributed by atoms with Crippen LogP contribution in [0.4, 0.5) is 17.6 Å². The molecule has 0 aromatic rings.